The zero-order valence-corrected chi connectivity index (χ0v) is 16.2. The Bertz CT molecular complexity index is 1020. The lowest BCUT2D eigenvalue weighted by molar-refractivity contribution is -0.118. The van der Waals surface area contributed by atoms with Crippen LogP contribution in [-0.4, -0.2) is 23.3 Å². The van der Waals surface area contributed by atoms with Crippen LogP contribution in [0, 0.1) is 23.1 Å². The zero-order valence-electron chi connectivity index (χ0n) is 15.4. The fourth-order valence-corrected chi connectivity index (χ4v) is 3.88. The van der Waals surface area contributed by atoms with Crippen molar-refractivity contribution < 1.29 is 18.4 Å². The number of nitrogens with two attached hydrogens (primary N) is 1. The number of benzene rings is 1. The number of nitriles is 1. The van der Waals surface area contributed by atoms with Gasteiger partial charge in [0.1, 0.15) is 16.6 Å². The Balaban J connectivity index is 1.98. The second kappa shape index (κ2) is 8.75. The number of thioether (sulfide) groups is 1. The number of rotatable bonds is 6. The average Bonchev–Trinajstić information content (AvgIpc) is 3.21. The van der Waals surface area contributed by atoms with Gasteiger partial charge in [-0.05, 0) is 43.3 Å². The van der Waals surface area contributed by atoms with Crippen LogP contribution in [0.4, 0.5) is 10.1 Å². The molecule has 2 atom stereocenters. The van der Waals surface area contributed by atoms with Gasteiger partial charge in [0, 0.05) is 11.4 Å². The van der Waals surface area contributed by atoms with E-state index in [2.05, 4.69) is 16.4 Å². The van der Waals surface area contributed by atoms with Crippen LogP contribution in [0.2, 0.25) is 0 Å². The van der Waals surface area contributed by atoms with E-state index >= 15 is 0 Å². The van der Waals surface area contributed by atoms with Crippen LogP contribution in [0.1, 0.15) is 18.6 Å². The minimum Gasteiger partial charge on any atom is -0.469 e. The summed E-state index contributed by atoms with van der Waals surface area (Å²) in [5, 5.41) is 12.8. The first kappa shape index (κ1) is 20.4. The third-order valence-electron chi connectivity index (χ3n) is 4.32. The molecule has 0 bridgehead atoms. The van der Waals surface area contributed by atoms with Crippen molar-refractivity contribution in [3.05, 3.63) is 64.8 Å². The maximum absolute atomic E-state index is 13.1. The highest BCUT2D eigenvalue weighted by atomic mass is 32.2. The second-order valence-corrected chi connectivity index (χ2v) is 7.27. The van der Waals surface area contributed by atoms with Crippen molar-refractivity contribution in [2.75, 3.05) is 11.1 Å². The summed E-state index contributed by atoms with van der Waals surface area (Å²) in [6.07, 6.45) is 1.45. The monoisotopic (exact) mass is 412 g/mol. The summed E-state index contributed by atoms with van der Waals surface area (Å²) in [6.45, 7) is 1.67. The van der Waals surface area contributed by atoms with E-state index in [4.69, 9.17) is 10.2 Å². The number of anilines is 1. The first-order valence-corrected chi connectivity index (χ1v) is 9.59. The number of furan rings is 1. The molecule has 0 radical (unpaired) electrons. The van der Waals surface area contributed by atoms with Gasteiger partial charge in [0.25, 0.3) is 0 Å². The number of nitrogens with zero attached hydrogens (tertiary/aromatic N) is 2. The first-order valence-electron chi connectivity index (χ1n) is 8.61. The summed E-state index contributed by atoms with van der Waals surface area (Å²) in [6, 6.07) is 10.8. The Morgan fingerprint density at radius 3 is 2.66 bits per heavy atom. The molecule has 3 rings (SSSR count). The van der Waals surface area contributed by atoms with Crippen LogP contribution in [0.25, 0.3) is 0 Å². The van der Waals surface area contributed by atoms with Gasteiger partial charge in [-0.15, -0.1) is 0 Å². The number of allylic oxidation sites excluding steroid dienone is 1. The molecule has 0 fully saturated rings. The number of hydrogen-bond donors (Lipinski definition) is 2. The van der Waals surface area contributed by atoms with E-state index in [-0.39, 0.29) is 11.3 Å². The van der Waals surface area contributed by atoms with Gasteiger partial charge >= 0.3 is 0 Å². The predicted octanol–water partition coefficient (Wildman–Crippen LogP) is 3.19. The molecule has 1 aliphatic heterocycles. The number of amides is 2. The fraction of sp³-hybridized carbons (Fsp3) is 0.200. The van der Waals surface area contributed by atoms with Gasteiger partial charge in [0.05, 0.1) is 35.5 Å². The molecule has 2 amide bonds. The van der Waals surface area contributed by atoms with E-state index in [1.807, 2.05) is 0 Å². The van der Waals surface area contributed by atoms with Crippen LogP contribution < -0.4 is 11.1 Å². The minimum atomic E-state index is -0.821. The number of hydrogen-bond acceptors (Lipinski definition) is 6. The Morgan fingerprint density at radius 2 is 2.07 bits per heavy atom. The molecule has 9 heteroatoms. The third kappa shape index (κ3) is 4.55. The quantitative estimate of drug-likeness (QED) is 0.755. The molecule has 148 valence electrons. The van der Waals surface area contributed by atoms with Crippen molar-refractivity contribution in [3.8, 4) is 6.07 Å². The van der Waals surface area contributed by atoms with Crippen LogP contribution in [0.15, 0.2) is 62.7 Å². The lowest BCUT2D eigenvalue weighted by atomic mass is 9.79. The SMILES string of the molecule is CC1=NC(SCC(N)=O)=C(C#N)[C@H](c2ccco2)C1C(=O)Nc1ccc(F)cc1. The summed E-state index contributed by atoms with van der Waals surface area (Å²) < 4.78 is 18.6. The van der Waals surface area contributed by atoms with Gasteiger partial charge in [-0.2, -0.15) is 5.26 Å². The van der Waals surface area contributed by atoms with Gasteiger partial charge in [-0.1, -0.05) is 11.8 Å². The van der Waals surface area contributed by atoms with E-state index in [0.717, 1.165) is 11.8 Å². The smallest absolute Gasteiger partial charge is 0.234 e. The molecule has 0 spiro atoms. The average molecular weight is 412 g/mol. The normalized spacial score (nSPS) is 18.7. The van der Waals surface area contributed by atoms with Gasteiger partial charge in [-0.25, -0.2) is 9.38 Å². The fourth-order valence-electron chi connectivity index (χ4n) is 3.07. The highest BCUT2D eigenvalue weighted by Crippen LogP contribution is 2.42. The van der Waals surface area contributed by atoms with Gasteiger partial charge in [0.2, 0.25) is 11.8 Å². The second-order valence-electron chi connectivity index (χ2n) is 6.31. The highest BCUT2D eigenvalue weighted by Gasteiger charge is 2.41. The molecule has 0 aliphatic carbocycles. The number of nitrogens with one attached hydrogen (secondary N) is 1. The van der Waals surface area contributed by atoms with E-state index < -0.39 is 29.5 Å². The highest BCUT2D eigenvalue weighted by molar-refractivity contribution is 8.03. The molecule has 1 unspecified atom stereocenters. The first-order chi connectivity index (χ1) is 13.9. The van der Waals surface area contributed by atoms with E-state index in [9.17, 15) is 19.2 Å². The van der Waals surface area contributed by atoms with E-state index in [1.54, 1.807) is 19.1 Å². The molecule has 0 saturated carbocycles. The molecule has 1 aliphatic rings. The molecule has 1 aromatic carbocycles. The zero-order chi connectivity index (χ0) is 21.0. The van der Waals surface area contributed by atoms with Crippen molar-refractivity contribution in [2.45, 2.75) is 12.8 Å². The van der Waals surface area contributed by atoms with Crippen molar-refractivity contribution in [1.82, 2.24) is 0 Å². The Morgan fingerprint density at radius 1 is 1.34 bits per heavy atom. The Labute approximate surface area is 170 Å². The molecular weight excluding hydrogens is 395 g/mol. The lowest BCUT2D eigenvalue weighted by Gasteiger charge is -2.29. The van der Waals surface area contributed by atoms with Crippen molar-refractivity contribution in [2.24, 2.45) is 16.6 Å². The number of carbonyl (C=O) groups excluding carboxylic acids is 2. The van der Waals surface area contributed by atoms with Gasteiger partial charge in [0.15, 0.2) is 0 Å². The van der Waals surface area contributed by atoms with Gasteiger partial charge < -0.3 is 15.5 Å². The summed E-state index contributed by atoms with van der Waals surface area (Å²) in [4.78, 5) is 28.6. The number of halogens is 1. The standard InChI is InChI=1S/C20H17FN4O3S/c1-11-17(19(27)25-13-6-4-12(21)5-7-13)18(15-3-2-8-28-15)14(9-22)20(24-11)29-10-16(23)26/h2-8,17-18H,10H2,1H3,(H2,23,26)(H,25,27)/t17?,18-/m1/s1. The maximum Gasteiger partial charge on any atom is 0.234 e. The minimum absolute atomic E-state index is 0.0470. The summed E-state index contributed by atoms with van der Waals surface area (Å²) in [5.74, 6) is -2.54. The van der Waals surface area contributed by atoms with Crippen molar-refractivity contribution in [3.63, 3.8) is 0 Å². The summed E-state index contributed by atoms with van der Waals surface area (Å²) in [7, 11) is 0. The molecule has 0 saturated heterocycles. The van der Waals surface area contributed by atoms with Crippen LogP contribution in [0.5, 0.6) is 0 Å². The van der Waals surface area contributed by atoms with E-state index in [0.29, 0.717) is 22.2 Å². The molecule has 2 heterocycles. The molecular formula is C20H17FN4O3S. The molecule has 2 aromatic rings. The van der Waals surface area contributed by atoms with Crippen LogP contribution in [-0.2, 0) is 9.59 Å². The summed E-state index contributed by atoms with van der Waals surface area (Å²) in [5.41, 5.74) is 6.30. The maximum atomic E-state index is 13.1. The summed E-state index contributed by atoms with van der Waals surface area (Å²) >= 11 is 1.04. The van der Waals surface area contributed by atoms with Crippen LogP contribution in [0.3, 0.4) is 0 Å². The predicted molar refractivity (Wildman–Crippen MR) is 107 cm³/mol. The van der Waals surface area contributed by atoms with E-state index in [1.165, 1.54) is 30.5 Å². The number of primary amides is 1. The molecule has 1 aromatic heterocycles. The Kier molecular flexibility index (Phi) is 6.14. The van der Waals surface area contributed by atoms with Gasteiger partial charge in [-0.3, -0.25) is 9.59 Å². The topological polar surface area (TPSA) is 121 Å². The van der Waals surface area contributed by atoms with Crippen molar-refractivity contribution in [1.29, 1.82) is 5.26 Å². The largest absolute Gasteiger partial charge is 0.469 e. The molecule has 3 N–H and O–H groups in total. The van der Waals surface area contributed by atoms with Crippen LogP contribution >= 0.6 is 11.8 Å². The third-order valence-corrected chi connectivity index (χ3v) is 5.33. The Hall–Kier alpha value is -3.38. The number of carbonyl (C=O) groups is 2. The molecule has 7 nitrogen and oxygen atoms in total. The number of aliphatic imine (C=N–C) groups is 1. The lowest BCUT2D eigenvalue weighted by Crippen LogP contribution is -2.36. The molecule has 29 heavy (non-hydrogen) atoms. The van der Waals surface area contributed by atoms with Crippen molar-refractivity contribution >= 4 is 35.0 Å².